The molecule has 1 atom stereocenters. The Morgan fingerprint density at radius 1 is 1.05 bits per heavy atom. The van der Waals surface area contributed by atoms with Gasteiger partial charge in [-0.2, -0.15) is 0 Å². The predicted octanol–water partition coefficient (Wildman–Crippen LogP) is 2.06. The van der Waals surface area contributed by atoms with Gasteiger partial charge in [0.15, 0.2) is 12.1 Å². The van der Waals surface area contributed by atoms with Gasteiger partial charge in [0.25, 0.3) is 11.8 Å². The van der Waals surface area contributed by atoms with Crippen LogP contribution in [0.1, 0.15) is 27.1 Å². The van der Waals surface area contributed by atoms with Gasteiger partial charge in [0.05, 0.1) is 28.2 Å². The fourth-order valence-corrected chi connectivity index (χ4v) is 3.47. The van der Waals surface area contributed by atoms with Crippen molar-refractivity contribution in [1.29, 1.82) is 5.53 Å². The number of halogens is 2. The maximum atomic E-state index is 12.5. The fourth-order valence-electron chi connectivity index (χ4n) is 2.90. The first kappa shape index (κ1) is 29.4. The summed E-state index contributed by atoms with van der Waals surface area (Å²) < 4.78 is 0. The average Bonchev–Trinajstić information content (AvgIpc) is 2.86. The number of benzene rings is 2. The summed E-state index contributed by atoms with van der Waals surface area (Å²) in [5.41, 5.74) is 12.8. The highest BCUT2D eigenvalue weighted by Gasteiger charge is 2.23. The summed E-state index contributed by atoms with van der Waals surface area (Å²) in [5, 5.41) is 30.1. The van der Waals surface area contributed by atoms with E-state index in [2.05, 4.69) is 26.1 Å². The average molecular weight is 550 g/mol. The van der Waals surface area contributed by atoms with Crippen LogP contribution in [0.4, 0.5) is 5.69 Å². The molecule has 0 radical (unpaired) electrons. The molecule has 8 N–H and O–H groups in total. The predicted molar refractivity (Wildman–Crippen MR) is 139 cm³/mol. The van der Waals surface area contributed by atoms with Gasteiger partial charge >= 0.3 is 0 Å². The van der Waals surface area contributed by atoms with Crippen molar-refractivity contribution in [3.8, 4) is 0 Å². The normalized spacial score (nSPS) is 12.3. The van der Waals surface area contributed by atoms with E-state index in [0.29, 0.717) is 5.69 Å². The number of amides is 3. The minimum atomic E-state index is -1.98. The quantitative estimate of drug-likeness (QED) is 0.0965. The number of aliphatic hydroxyl groups excluding tert-OH is 1. The standard InChI is InChI=1S/C23H25Cl2N7O5/c24-15-2-1-3-16(25)20(15)22(35)31-17(23(36)37)12-29-21(34)13-4-6-14(7-5-13)30-19(33)9-11-28-18(32-27)8-10-26/h1-8,10,17,23,27,36-37H,9,11-12,26H2,(H,29,34)(H,30,33)(H,31,35)/t17-/m0/s1. The van der Waals surface area contributed by atoms with Crippen LogP contribution < -0.4 is 21.7 Å². The molecule has 14 heteroatoms. The van der Waals surface area contributed by atoms with Crippen LogP contribution in [0.2, 0.25) is 10.0 Å². The van der Waals surface area contributed by atoms with Crippen molar-refractivity contribution in [3.05, 3.63) is 75.9 Å². The SMILES string of the molecule is N=NC(C=CN)=NCCC(=O)Nc1ccc(C(=O)NC[C@H](NC(=O)c2c(Cl)cccc2Cl)C(O)O)cc1. The van der Waals surface area contributed by atoms with E-state index in [0.717, 1.165) is 0 Å². The number of nitrogens with one attached hydrogen (secondary N) is 4. The number of aliphatic imine (C=N–C) groups is 1. The molecule has 2 rings (SSSR count). The number of carbonyl (C=O) groups excluding carboxylic acids is 3. The van der Waals surface area contributed by atoms with Gasteiger partial charge < -0.3 is 31.9 Å². The van der Waals surface area contributed by atoms with Crippen molar-refractivity contribution >= 4 is 52.4 Å². The van der Waals surface area contributed by atoms with Gasteiger partial charge in [-0.1, -0.05) is 29.3 Å². The van der Waals surface area contributed by atoms with Crippen LogP contribution in [0.25, 0.3) is 0 Å². The minimum absolute atomic E-state index is 0.0357. The van der Waals surface area contributed by atoms with E-state index in [4.69, 9.17) is 34.5 Å². The lowest BCUT2D eigenvalue weighted by Crippen LogP contribution is -2.50. The highest BCUT2D eigenvalue weighted by molar-refractivity contribution is 6.39. The van der Waals surface area contributed by atoms with E-state index < -0.39 is 24.1 Å². The van der Waals surface area contributed by atoms with Gasteiger partial charge in [-0.15, -0.1) is 5.11 Å². The number of carbonyl (C=O) groups is 3. The maximum Gasteiger partial charge on any atom is 0.254 e. The molecule has 37 heavy (non-hydrogen) atoms. The first-order chi connectivity index (χ1) is 17.7. The molecule has 2 aromatic carbocycles. The molecule has 0 saturated carbocycles. The zero-order valence-corrected chi connectivity index (χ0v) is 20.8. The molecule has 3 amide bonds. The molecule has 0 unspecified atom stereocenters. The number of amidine groups is 1. The smallest absolute Gasteiger partial charge is 0.254 e. The van der Waals surface area contributed by atoms with E-state index >= 15 is 0 Å². The number of nitrogens with zero attached hydrogens (tertiary/aromatic N) is 2. The van der Waals surface area contributed by atoms with Crippen LogP contribution in [-0.4, -0.2) is 59.2 Å². The summed E-state index contributed by atoms with van der Waals surface area (Å²) in [6.07, 6.45) is 0.577. The van der Waals surface area contributed by atoms with Crippen molar-refractivity contribution in [1.82, 2.24) is 10.6 Å². The van der Waals surface area contributed by atoms with Crippen LogP contribution in [0.5, 0.6) is 0 Å². The zero-order chi connectivity index (χ0) is 27.4. The molecular weight excluding hydrogens is 525 g/mol. The molecule has 12 nitrogen and oxygen atoms in total. The molecule has 0 fully saturated rings. The number of hydrogen-bond acceptors (Lipinski definition) is 8. The minimum Gasteiger partial charge on any atom is -0.404 e. The number of aliphatic hydroxyl groups is 2. The highest BCUT2D eigenvalue weighted by atomic mass is 35.5. The van der Waals surface area contributed by atoms with Crippen molar-refractivity contribution in [2.75, 3.05) is 18.4 Å². The molecule has 0 aliphatic heterocycles. The lowest BCUT2D eigenvalue weighted by atomic mass is 10.1. The van der Waals surface area contributed by atoms with E-state index in [-0.39, 0.29) is 52.4 Å². The largest absolute Gasteiger partial charge is 0.404 e. The molecule has 0 bridgehead atoms. The topological polar surface area (TPSA) is 202 Å². The second-order valence-electron chi connectivity index (χ2n) is 7.39. The lowest BCUT2D eigenvalue weighted by molar-refractivity contribution is -0.116. The van der Waals surface area contributed by atoms with Gasteiger partial charge in [-0.3, -0.25) is 19.4 Å². The van der Waals surface area contributed by atoms with Gasteiger partial charge in [0, 0.05) is 24.2 Å². The third-order valence-electron chi connectivity index (χ3n) is 4.75. The summed E-state index contributed by atoms with van der Waals surface area (Å²) in [5.74, 6) is -1.54. The molecule has 0 aliphatic rings. The van der Waals surface area contributed by atoms with E-state index in [1.807, 2.05) is 0 Å². The molecule has 0 aromatic heterocycles. The molecule has 2 aromatic rings. The van der Waals surface area contributed by atoms with Crippen molar-refractivity contribution in [3.63, 3.8) is 0 Å². The third-order valence-corrected chi connectivity index (χ3v) is 5.38. The number of nitrogens with two attached hydrogens (primary N) is 1. The Kier molecular flexibility index (Phi) is 11.6. The third kappa shape index (κ3) is 9.28. The first-order valence-corrected chi connectivity index (χ1v) is 11.5. The molecule has 0 saturated heterocycles. The van der Waals surface area contributed by atoms with E-state index in [1.54, 1.807) is 6.07 Å². The Labute approximate surface area is 222 Å². The first-order valence-electron chi connectivity index (χ1n) is 10.8. The van der Waals surface area contributed by atoms with Gasteiger partial charge in [0.2, 0.25) is 5.91 Å². The Hall–Kier alpha value is -3.84. The van der Waals surface area contributed by atoms with E-state index in [9.17, 15) is 24.6 Å². The second kappa shape index (κ2) is 14.7. The Morgan fingerprint density at radius 2 is 1.70 bits per heavy atom. The number of hydrogen-bond donors (Lipinski definition) is 7. The molecule has 0 aliphatic carbocycles. The van der Waals surface area contributed by atoms with Crippen molar-refractivity contribution in [2.45, 2.75) is 18.8 Å². The zero-order valence-electron chi connectivity index (χ0n) is 19.3. The molecule has 0 spiro atoms. The van der Waals surface area contributed by atoms with Gasteiger partial charge in [-0.05, 0) is 48.7 Å². The highest BCUT2D eigenvalue weighted by Crippen LogP contribution is 2.24. The summed E-state index contributed by atoms with van der Waals surface area (Å²) >= 11 is 12.0. The maximum absolute atomic E-state index is 12.5. The van der Waals surface area contributed by atoms with Crippen LogP contribution in [-0.2, 0) is 4.79 Å². The number of rotatable bonds is 11. The van der Waals surface area contributed by atoms with Crippen LogP contribution in [0, 0.1) is 5.53 Å². The molecular formula is C23H25Cl2N7O5. The Morgan fingerprint density at radius 3 is 2.27 bits per heavy atom. The van der Waals surface area contributed by atoms with Crippen LogP contribution in [0.15, 0.2) is 64.8 Å². The summed E-state index contributed by atoms with van der Waals surface area (Å²) in [7, 11) is 0. The monoisotopic (exact) mass is 549 g/mol. The summed E-state index contributed by atoms with van der Waals surface area (Å²) in [4.78, 5) is 41.0. The molecule has 0 heterocycles. The summed E-state index contributed by atoms with van der Waals surface area (Å²) in [6.45, 7) is -0.208. The van der Waals surface area contributed by atoms with Crippen molar-refractivity contribution < 1.29 is 24.6 Å². The summed E-state index contributed by atoms with van der Waals surface area (Å²) in [6, 6.07) is 9.16. The fraction of sp³-hybridized carbons (Fsp3) is 0.217. The second-order valence-corrected chi connectivity index (χ2v) is 8.20. The van der Waals surface area contributed by atoms with E-state index in [1.165, 1.54) is 48.7 Å². The van der Waals surface area contributed by atoms with Crippen molar-refractivity contribution in [2.24, 2.45) is 15.8 Å². The van der Waals surface area contributed by atoms with Crippen LogP contribution >= 0.6 is 23.2 Å². The lowest BCUT2D eigenvalue weighted by Gasteiger charge is -2.21. The molecule has 196 valence electrons. The number of anilines is 1. The Bertz CT molecular complexity index is 1170. The van der Waals surface area contributed by atoms with Crippen LogP contribution in [0.3, 0.4) is 0 Å². The Balaban J connectivity index is 1.91. The van der Waals surface area contributed by atoms with Gasteiger partial charge in [-0.25, -0.2) is 5.53 Å². The van der Waals surface area contributed by atoms with Gasteiger partial charge in [0.1, 0.15) is 0 Å².